The Labute approximate surface area is 359 Å². The number of nitrogens with zero attached hydrogens (tertiary/aromatic N) is 1. The summed E-state index contributed by atoms with van der Waals surface area (Å²) >= 11 is 2.52. The number of carbonyl (C=O) groups excluding carboxylic acids is 5. The monoisotopic (exact) mass is 849 g/mol. The Morgan fingerprint density at radius 1 is 0.738 bits per heavy atom. The normalized spacial score (nSPS) is 17.0. The van der Waals surface area contributed by atoms with Gasteiger partial charge in [0.2, 0.25) is 0 Å². The summed E-state index contributed by atoms with van der Waals surface area (Å²) in [6, 6.07) is 45.5. The van der Waals surface area contributed by atoms with Crippen LogP contribution >= 0.6 is 23.5 Å². The summed E-state index contributed by atoms with van der Waals surface area (Å²) in [6.07, 6.45) is 2.04. The van der Waals surface area contributed by atoms with E-state index in [2.05, 4.69) is 47.0 Å². The van der Waals surface area contributed by atoms with E-state index in [4.69, 9.17) is 0 Å². The van der Waals surface area contributed by atoms with Gasteiger partial charge in [-0.15, -0.1) is 11.8 Å². The highest BCUT2D eigenvalue weighted by molar-refractivity contribution is 8.18. The number of amides is 4. The van der Waals surface area contributed by atoms with Crippen molar-refractivity contribution in [1.29, 1.82) is 0 Å². The van der Waals surface area contributed by atoms with Crippen LogP contribution in [0.25, 0.3) is 6.08 Å². The molecular formula is C49H37F2N3O5S2. The fourth-order valence-electron chi connectivity index (χ4n) is 7.83. The van der Waals surface area contributed by atoms with Gasteiger partial charge in [0.15, 0.2) is 5.78 Å². The molecule has 2 fully saturated rings. The zero-order chi connectivity index (χ0) is 42.5. The second kappa shape index (κ2) is 17.9. The van der Waals surface area contributed by atoms with Crippen molar-refractivity contribution in [2.24, 2.45) is 0 Å². The van der Waals surface area contributed by atoms with E-state index in [1.807, 2.05) is 54.6 Å². The Morgan fingerprint density at radius 3 is 1.87 bits per heavy atom. The third-order valence-electron chi connectivity index (χ3n) is 10.7. The summed E-state index contributed by atoms with van der Waals surface area (Å²) in [5, 5.41) is 4.60. The molecule has 61 heavy (non-hydrogen) atoms. The fourth-order valence-corrected chi connectivity index (χ4v) is 10.4. The molecule has 2 aliphatic rings. The van der Waals surface area contributed by atoms with Crippen LogP contribution in [0.5, 0.6) is 0 Å². The van der Waals surface area contributed by atoms with Crippen LogP contribution in [0.2, 0.25) is 0 Å². The molecule has 2 saturated heterocycles. The highest BCUT2D eigenvalue weighted by atomic mass is 32.2. The minimum atomic E-state index is -1.03. The second-order valence-electron chi connectivity index (χ2n) is 14.5. The van der Waals surface area contributed by atoms with E-state index in [-0.39, 0.29) is 45.8 Å². The minimum absolute atomic E-state index is 0.0305. The number of rotatable bonds is 12. The molecular weight excluding hydrogens is 813 g/mol. The number of thioether (sulfide) groups is 2. The molecule has 6 aromatic carbocycles. The van der Waals surface area contributed by atoms with E-state index in [0.29, 0.717) is 23.6 Å². The van der Waals surface area contributed by atoms with Gasteiger partial charge in [-0.25, -0.2) is 8.78 Å². The molecule has 0 radical (unpaired) electrons. The van der Waals surface area contributed by atoms with E-state index >= 15 is 0 Å². The Bertz CT molecular complexity index is 2570. The average Bonchev–Trinajstić information content (AvgIpc) is 3.85. The number of imide groups is 1. The largest absolute Gasteiger partial charge is 0.350 e. The van der Waals surface area contributed by atoms with Gasteiger partial charge in [-0.1, -0.05) is 121 Å². The fraction of sp³-hybridized carbons (Fsp3) is 0.122. The van der Waals surface area contributed by atoms with Crippen molar-refractivity contribution >= 4 is 58.3 Å². The maximum atomic E-state index is 14.9. The van der Waals surface area contributed by atoms with E-state index in [0.717, 1.165) is 40.6 Å². The zero-order valence-electron chi connectivity index (χ0n) is 32.4. The van der Waals surface area contributed by atoms with Crippen LogP contribution in [-0.2, 0) is 9.54 Å². The zero-order valence-corrected chi connectivity index (χ0v) is 34.1. The quantitative estimate of drug-likeness (QED) is 0.0718. The number of ketones is 1. The standard InChI is InChI=1S/C49H37F2N3O5S2/c50-36-24-25-41(42(51)27-36)44(55)39-18-10-11-19-40(39)47(58)54-30-38(28-37(54)29-52-45(56)32-22-20-31(21-23-32)26-43-46(57)53-48(59)60-43)61-49(33-12-4-1-5-13-33,34-14-6-2-7-15-34)35-16-8-3-9-17-35/h1-27,37-38H,28-30H2,(H,52,56)(H,53,57,59)/b43-26+/t37-,38+/m0/s1. The summed E-state index contributed by atoms with van der Waals surface area (Å²) in [7, 11) is 0. The molecule has 304 valence electrons. The van der Waals surface area contributed by atoms with E-state index < -0.39 is 45.3 Å². The van der Waals surface area contributed by atoms with Gasteiger partial charge in [0.25, 0.3) is 23.0 Å². The first-order valence-electron chi connectivity index (χ1n) is 19.5. The number of carbonyl (C=O) groups is 5. The molecule has 8 nitrogen and oxygen atoms in total. The molecule has 2 heterocycles. The third-order valence-corrected chi connectivity index (χ3v) is 13.3. The SMILES string of the molecule is O=C1NC(=O)/C(=C\c2ccc(C(=O)NC[C@@H]3C[C@@H](SC(c4ccccc4)(c4ccccc4)c4ccccc4)CN3C(=O)c3ccccc3C(=O)c3ccc(F)cc3F)cc2)S1. The lowest BCUT2D eigenvalue weighted by molar-refractivity contribution is -0.115. The van der Waals surface area contributed by atoms with Crippen LogP contribution in [0.15, 0.2) is 163 Å². The Kier molecular flexibility index (Phi) is 12.1. The van der Waals surface area contributed by atoms with Crippen molar-refractivity contribution in [2.75, 3.05) is 13.1 Å². The number of likely N-dealkylation sites (tertiary alicyclic amines) is 1. The minimum Gasteiger partial charge on any atom is -0.350 e. The molecule has 4 amide bonds. The predicted octanol–water partition coefficient (Wildman–Crippen LogP) is 9.26. The molecule has 0 bridgehead atoms. The van der Waals surface area contributed by atoms with Gasteiger partial charge in [0.1, 0.15) is 11.6 Å². The van der Waals surface area contributed by atoms with Crippen molar-refractivity contribution < 1.29 is 32.8 Å². The molecule has 0 saturated carbocycles. The molecule has 12 heteroatoms. The smallest absolute Gasteiger partial charge is 0.290 e. The van der Waals surface area contributed by atoms with Gasteiger partial charge in [-0.05, 0) is 76.8 Å². The molecule has 0 spiro atoms. The first-order chi connectivity index (χ1) is 29.6. The first-order valence-corrected chi connectivity index (χ1v) is 21.2. The van der Waals surface area contributed by atoms with Crippen LogP contribution < -0.4 is 10.6 Å². The highest BCUT2D eigenvalue weighted by Gasteiger charge is 2.45. The predicted molar refractivity (Wildman–Crippen MR) is 234 cm³/mol. The molecule has 2 aliphatic heterocycles. The van der Waals surface area contributed by atoms with Gasteiger partial charge in [-0.2, -0.15) is 0 Å². The topological polar surface area (TPSA) is 113 Å². The van der Waals surface area contributed by atoms with Gasteiger partial charge in [0.05, 0.1) is 26.8 Å². The van der Waals surface area contributed by atoms with Crippen molar-refractivity contribution in [3.05, 3.63) is 219 Å². The average molecular weight is 850 g/mol. The van der Waals surface area contributed by atoms with Crippen LogP contribution in [0.4, 0.5) is 13.6 Å². The van der Waals surface area contributed by atoms with Crippen molar-refractivity contribution in [3.8, 4) is 0 Å². The maximum absolute atomic E-state index is 14.9. The summed E-state index contributed by atoms with van der Waals surface area (Å²) in [6.45, 7) is 0.327. The van der Waals surface area contributed by atoms with E-state index in [1.165, 1.54) is 12.1 Å². The molecule has 2 atom stereocenters. The molecule has 0 aromatic heterocycles. The van der Waals surface area contributed by atoms with Crippen molar-refractivity contribution in [1.82, 2.24) is 15.5 Å². The summed E-state index contributed by atoms with van der Waals surface area (Å²) in [4.78, 5) is 67.9. The first kappa shape index (κ1) is 41.1. The second-order valence-corrected chi connectivity index (χ2v) is 17.1. The molecule has 6 aromatic rings. The summed E-state index contributed by atoms with van der Waals surface area (Å²) in [5.74, 6) is -3.96. The van der Waals surface area contributed by atoms with Gasteiger partial charge >= 0.3 is 0 Å². The number of halogens is 2. The Morgan fingerprint density at radius 2 is 1.31 bits per heavy atom. The molecule has 0 aliphatic carbocycles. The van der Waals surface area contributed by atoms with Crippen LogP contribution in [-0.4, -0.2) is 58.0 Å². The van der Waals surface area contributed by atoms with Crippen LogP contribution in [0, 0.1) is 11.6 Å². The lowest BCUT2D eigenvalue weighted by Gasteiger charge is -2.37. The summed E-state index contributed by atoms with van der Waals surface area (Å²) < 4.78 is 28.1. The lowest BCUT2D eigenvalue weighted by Crippen LogP contribution is -2.43. The van der Waals surface area contributed by atoms with Gasteiger partial charge < -0.3 is 10.2 Å². The van der Waals surface area contributed by atoms with Crippen LogP contribution in [0.1, 0.15) is 65.3 Å². The maximum Gasteiger partial charge on any atom is 0.290 e. The van der Waals surface area contributed by atoms with Gasteiger partial charge in [0, 0.05) is 35.5 Å². The molecule has 0 unspecified atom stereocenters. The molecule has 2 N–H and O–H groups in total. The lowest BCUT2D eigenvalue weighted by atomic mass is 9.84. The van der Waals surface area contributed by atoms with Crippen molar-refractivity contribution in [2.45, 2.75) is 22.5 Å². The van der Waals surface area contributed by atoms with E-state index in [1.54, 1.807) is 59.1 Å². The van der Waals surface area contributed by atoms with Crippen molar-refractivity contribution in [3.63, 3.8) is 0 Å². The number of benzene rings is 6. The van der Waals surface area contributed by atoms with Gasteiger partial charge in [-0.3, -0.25) is 29.3 Å². The Balaban J connectivity index is 1.13. The Hall–Kier alpha value is -6.63. The third kappa shape index (κ3) is 8.68. The summed E-state index contributed by atoms with van der Waals surface area (Å²) in [5.41, 5.74) is 3.77. The highest BCUT2D eigenvalue weighted by Crippen LogP contribution is 2.52. The number of nitrogens with one attached hydrogen (secondary N) is 2. The molecule has 8 rings (SSSR count). The van der Waals surface area contributed by atoms with Crippen LogP contribution in [0.3, 0.4) is 0 Å². The number of hydrogen-bond acceptors (Lipinski definition) is 7. The van der Waals surface area contributed by atoms with E-state index in [9.17, 15) is 32.8 Å². The number of hydrogen-bond donors (Lipinski definition) is 2.